The van der Waals surface area contributed by atoms with E-state index < -0.39 is 9.05 Å². The molecule has 0 aliphatic heterocycles. The second-order valence-electron chi connectivity index (χ2n) is 4.74. The summed E-state index contributed by atoms with van der Waals surface area (Å²) in [6.45, 7) is 0. The van der Waals surface area contributed by atoms with E-state index in [1.165, 1.54) is 12.1 Å². The highest BCUT2D eigenvalue weighted by Crippen LogP contribution is 2.26. The quantitative estimate of drug-likeness (QED) is 0.683. The van der Waals surface area contributed by atoms with Crippen LogP contribution >= 0.6 is 10.7 Å². The first-order chi connectivity index (χ1) is 10.5. The minimum Gasteiger partial charge on any atom is -0.497 e. The van der Waals surface area contributed by atoms with Crippen molar-refractivity contribution in [2.24, 2.45) is 0 Å². The summed E-state index contributed by atoms with van der Waals surface area (Å²) in [6, 6.07) is 14.1. The van der Waals surface area contributed by atoms with E-state index in [0.717, 1.165) is 22.3 Å². The largest absolute Gasteiger partial charge is 0.497 e. The van der Waals surface area contributed by atoms with Crippen LogP contribution in [-0.2, 0) is 9.05 Å². The third-order valence-corrected chi connectivity index (χ3v) is 4.71. The highest BCUT2D eigenvalue weighted by atomic mass is 35.7. The van der Waals surface area contributed by atoms with Gasteiger partial charge in [-0.1, -0.05) is 12.1 Å². The number of hydrogen-bond donors (Lipinski definition) is 0. The van der Waals surface area contributed by atoms with Crippen molar-refractivity contribution in [1.29, 1.82) is 0 Å². The van der Waals surface area contributed by atoms with Gasteiger partial charge in [-0.05, 0) is 42.0 Å². The lowest BCUT2D eigenvalue weighted by Crippen LogP contribution is -1.91. The molecule has 0 radical (unpaired) electrons. The fourth-order valence-electron chi connectivity index (χ4n) is 2.20. The molecule has 0 unspecified atom stereocenters. The topological polar surface area (TPSA) is 56.3 Å². The fraction of sp³-hybridized carbons (Fsp3) is 0.0625. The van der Waals surface area contributed by atoms with Gasteiger partial charge in [-0.15, -0.1) is 0 Å². The normalized spacial score (nSPS) is 11.5. The van der Waals surface area contributed by atoms with E-state index in [1.54, 1.807) is 19.4 Å². The predicted octanol–water partition coefficient (Wildman–Crippen LogP) is 3.84. The van der Waals surface area contributed by atoms with Gasteiger partial charge in [0.25, 0.3) is 9.05 Å². The van der Waals surface area contributed by atoms with Crippen LogP contribution in [0.15, 0.2) is 59.6 Å². The van der Waals surface area contributed by atoms with Crippen LogP contribution in [0.3, 0.4) is 0 Å². The van der Waals surface area contributed by atoms with E-state index in [2.05, 4.69) is 4.98 Å². The molecule has 0 saturated heterocycles. The summed E-state index contributed by atoms with van der Waals surface area (Å²) in [5, 5.41) is 0.718. The number of fused-ring (bicyclic) bond motifs is 1. The first-order valence-electron chi connectivity index (χ1n) is 6.46. The molecule has 1 heterocycles. The fourth-order valence-corrected chi connectivity index (χ4v) is 2.99. The maximum atomic E-state index is 11.4. The van der Waals surface area contributed by atoms with Gasteiger partial charge < -0.3 is 4.74 Å². The summed E-state index contributed by atoms with van der Waals surface area (Å²) >= 11 is 0. The van der Waals surface area contributed by atoms with E-state index in [4.69, 9.17) is 15.4 Å². The van der Waals surface area contributed by atoms with E-state index >= 15 is 0 Å². The van der Waals surface area contributed by atoms with Gasteiger partial charge >= 0.3 is 0 Å². The summed E-state index contributed by atoms with van der Waals surface area (Å²) in [5.74, 6) is 0.771. The Morgan fingerprint density at radius 2 is 1.73 bits per heavy atom. The van der Waals surface area contributed by atoms with Gasteiger partial charge in [0.15, 0.2) is 0 Å². The van der Waals surface area contributed by atoms with Gasteiger partial charge in [-0.25, -0.2) is 8.42 Å². The lowest BCUT2D eigenvalue weighted by molar-refractivity contribution is 0.415. The average Bonchev–Trinajstić information content (AvgIpc) is 2.53. The van der Waals surface area contributed by atoms with E-state index in [0.29, 0.717) is 5.52 Å². The molecule has 1 aromatic heterocycles. The third-order valence-electron chi connectivity index (χ3n) is 3.36. The molecule has 22 heavy (non-hydrogen) atoms. The first kappa shape index (κ1) is 14.8. The van der Waals surface area contributed by atoms with E-state index in [1.807, 2.05) is 30.3 Å². The van der Waals surface area contributed by atoms with Crippen LogP contribution in [0.25, 0.3) is 22.0 Å². The molecule has 0 aliphatic carbocycles. The summed E-state index contributed by atoms with van der Waals surface area (Å²) < 4.78 is 28.0. The summed E-state index contributed by atoms with van der Waals surface area (Å²) in [7, 11) is 3.25. The Labute approximate surface area is 132 Å². The molecular formula is C16H12ClNO3S. The molecule has 3 rings (SSSR count). The van der Waals surface area contributed by atoms with Crippen molar-refractivity contribution in [3.63, 3.8) is 0 Å². The zero-order valence-corrected chi connectivity index (χ0v) is 13.2. The molecule has 4 nitrogen and oxygen atoms in total. The van der Waals surface area contributed by atoms with Crippen LogP contribution in [0.4, 0.5) is 0 Å². The maximum absolute atomic E-state index is 11.4. The Bertz CT molecular complexity index is 937. The zero-order valence-electron chi connectivity index (χ0n) is 11.7. The number of rotatable bonds is 3. The highest BCUT2D eigenvalue weighted by molar-refractivity contribution is 8.13. The van der Waals surface area contributed by atoms with Crippen molar-refractivity contribution in [2.45, 2.75) is 4.90 Å². The number of methoxy groups -OCH3 is 1. The molecular weight excluding hydrogens is 322 g/mol. The third kappa shape index (κ3) is 2.91. The van der Waals surface area contributed by atoms with Gasteiger partial charge in [0.2, 0.25) is 0 Å². The number of halogens is 1. The van der Waals surface area contributed by atoms with Crippen LogP contribution in [0.5, 0.6) is 5.75 Å². The molecule has 3 aromatic rings. The van der Waals surface area contributed by atoms with Crippen LogP contribution in [-0.4, -0.2) is 20.5 Å². The lowest BCUT2D eigenvalue weighted by Gasteiger charge is -2.06. The van der Waals surface area contributed by atoms with Gasteiger partial charge in [0.05, 0.1) is 17.5 Å². The van der Waals surface area contributed by atoms with Crippen LogP contribution in [0.2, 0.25) is 0 Å². The highest BCUT2D eigenvalue weighted by Gasteiger charge is 2.11. The molecule has 0 bridgehead atoms. The van der Waals surface area contributed by atoms with Crippen molar-refractivity contribution >= 4 is 30.6 Å². The lowest BCUT2D eigenvalue weighted by atomic mass is 10.1. The minimum absolute atomic E-state index is 0.0651. The molecule has 0 spiro atoms. The van der Waals surface area contributed by atoms with Crippen molar-refractivity contribution in [3.8, 4) is 16.9 Å². The molecule has 0 atom stereocenters. The molecule has 112 valence electrons. The summed E-state index contributed by atoms with van der Waals surface area (Å²) in [4.78, 5) is 4.42. The molecule has 0 aliphatic rings. The molecule has 0 saturated carbocycles. The van der Waals surface area contributed by atoms with E-state index in [-0.39, 0.29) is 4.90 Å². The van der Waals surface area contributed by atoms with Crippen molar-refractivity contribution in [2.75, 3.05) is 7.11 Å². The van der Waals surface area contributed by atoms with Gasteiger partial charge in [-0.3, -0.25) is 4.98 Å². The molecule has 6 heteroatoms. The number of nitrogens with zero attached hydrogens (tertiary/aromatic N) is 1. The molecule has 0 N–H and O–H groups in total. The number of pyridine rings is 1. The maximum Gasteiger partial charge on any atom is 0.261 e. The Kier molecular flexibility index (Phi) is 3.76. The molecule has 2 aromatic carbocycles. The summed E-state index contributed by atoms with van der Waals surface area (Å²) in [6.07, 6.45) is 1.75. The van der Waals surface area contributed by atoms with Crippen LogP contribution in [0.1, 0.15) is 0 Å². The van der Waals surface area contributed by atoms with Crippen LogP contribution in [0, 0.1) is 0 Å². The van der Waals surface area contributed by atoms with Gasteiger partial charge in [0.1, 0.15) is 5.75 Å². The second-order valence-corrected chi connectivity index (χ2v) is 7.31. The van der Waals surface area contributed by atoms with Gasteiger partial charge in [0, 0.05) is 27.8 Å². The number of hydrogen-bond acceptors (Lipinski definition) is 4. The van der Waals surface area contributed by atoms with E-state index in [9.17, 15) is 8.42 Å². The first-order valence-corrected chi connectivity index (χ1v) is 8.77. The minimum atomic E-state index is -3.75. The van der Waals surface area contributed by atoms with Crippen molar-refractivity contribution in [3.05, 3.63) is 54.7 Å². The predicted molar refractivity (Wildman–Crippen MR) is 86.8 cm³/mol. The summed E-state index contributed by atoms with van der Waals surface area (Å²) in [5.41, 5.74) is 2.56. The average molecular weight is 334 g/mol. The SMILES string of the molecule is COc1ccc(-c2cnc3ccc(S(=O)(=O)Cl)cc3c2)cc1. The van der Waals surface area contributed by atoms with Crippen molar-refractivity contribution in [1.82, 2.24) is 4.98 Å². The molecule has 0 fully saturated rings. The molecule has 0 amide bonds. The second kappa shape index (κ2) is 5.59. The van der Waals surface area contributed by atoms with Crippen LogP contribution < -0.4 is 4.74 Å². The monoisotopic (exact) mass is 333 g/mol. The zero-order chi connectivity index (χ0) is 15.7. The number of ether oxygens (including phenoxy) is 1. The number of aromatic nitrogens is 1. The Morgan fingerprint density at radius 1 is 1.00 bits per heavy atom. The smallest absolute Gasteiger partial charge is 0.261 e. The van der Waals surface area contributed by atoms with Crippen molar-refractivity contribution < 1.29 is 13.2 Å². The standard InChI is InChI=1S/C16H12ClNO3S/c1-21-14-4-2-11(3-5-14)13-8-12-9-15(22(17,19)20)6-7-16(12)18-10-13/h2-10H,1H3. The number of benzene rings is 2. The van der Waals surface area contributed by atoms with Gasteiger partial charge in [-0.2, -0.15) is 0 Å². The Hall–Kier alpha value is -2.11. The Balaban J connectivity index is 2.11. The Morgan fingerprint density at radius 3 is 2.36 bits per heavy atom.